The van der Waals surface area contributed by atoms with Crippen molar-refractivity contribution in [1.82, 2.24) is 9.80 Å². The monoisotopic (exact) mass is 426 g/mol. The summed E-state index contributed by atoms with van der Waals surface area (Å²) in [6.07, 6.45) is 1.70. The van der Waals surface area contributed by atoms with E-state index in [0.717, 1.165) is 52.1 Å². The Labute approximate surface area is 192 Å². The number of hydrogen-bond donors (Lipinski definition) is 1. The van der Waals surface area contributed by atoms with Crippen molar-refractivity contribution < 1.29 is 5.11 Å². The van der Waals surface area contributed by atoms with Crippen molar-refractivity contribution in [3.8, 4) is 0 Å². The molecule has 32 heavy (non-hydrogen) atoms. The minimum absolute atomic E-state index is 0.302. The zero-order chi connectivity index (χ0) is 21.8. The fourth-order valence-electron chi connectivity index (χ4n) is 5.88. The van der Waals surface area contributed by atoms with Crippen LogP contribution in [0.1, 0.15) is 29.5 Å². The van der Waals surface area contributed by atoms with Crippen molar-refractivity contribution in [3.63, 3.8) is 0 Å². The molecule has 0 aromatic heterocycles. The van der Waals surface area contributed by atoms with E-state index in [4.69, 9.17) is 0 Å². The van der Waals surface area contributed by atoms with Gasteiger partial charge in [-0.05, 0) is 35.4 Å². The molecule has 0 radical (unpaired) electrons. The fraction of sp³-hybridized carbons (Fsp3) is 0.379. The van der Waals surface area contributed by atoms with E-state index in [1.807, 2.05) is 0 Å². The average molecular weight is 427 g/mol. The summed E-state index contributed by atoms with van der Waals surface area (Å²) in [5.74, 6) is 0.302. The van der Waals surface area contributed by atoms with Crippen LogP contribution in [-0.2, 0) is 12.0 Å². The molecule has 1 aliphatic carbocycles. The molecule has 1 N–H and O–H groups in total. The number of aliphatic hydroxyl groups is 1. The Morgan fingerprint density at radius 3 is 1.75 bits per heavy atom. The maximum Gasteiger partial charge on any atom is 0.0717 e. The lowest BCUT2D eigenvalue weighted by Crippen LogP contribution is -2.49. The van der Waals surface area contributed by atoms with Crippen LogP contribution in [0, 0.1) is 5.92 Å². The predicted octanol–water partition coefficient (Wildman–Crippen LogP) is 4.56. The normalized spacial score (nSPS) is 23.9. The highest BCUT2D eigenvalue weighted by Crippen LogP contribution is 2.49. The van der Waals surface area contributed by atoms with E-state index in [9.17, 15) is 5.11 Å². The molecule has 3 nitrogen and oxygen atoms in total. The third kappa shape index (κ3) is 4.25. The van der Waals surface area contributed by atoms with Gasteiger partial charge in [0.1, 0.15) is 0 Å². The molecule has 3 aromatic carbocycles. The van der Waals surface area contributed by atoms with Crippen LogP contribution >= 0.6 is 0 Å². The zero-order valence-corrected chi connectivity index (χ0v) is 18.8. The van der Waals surface area contributed by atoms with Crippen molar-refractivity contribution in [2.75, 3.05) is 32.7 Å². The minimum Gasteiger partial charge on any atom is -0.392 e. The topological polar surface area (TPSA) is 26.7 Å². The Bertz CT molecular complexity index is 928. The Kier molecular flexibility index (Phi) is 6.40. The molecule has 2 fully saturated rings. The largest absolute Gasteiger partial charge is 0.392 e. The van der Waals surface area contributed by atoms with E-state index >= 15 is 0 Å². The maximum absolute atomic E-state index is 11.7. The van der Waals surface area contributed by atoms with Crippen molar-refractivity contribution in [3.05, 3.63) is 108 Å². The third-order valence-electron chi connectivity index (χ3n) is 7.65. The fourth-order valence-corrected chi connectivity index (χ4v) is 5.88. The Balaban J connectivity index is 1.26. The van der Waals surface area contributed by atoms with Crippen molar-refractivity contribution in [1.29, 1.82) is 0 Å². The molecule has 1 saturated carbocycles. The van der Waals surface area contributed by atoms with Gasteiger partial charge in [-0.3, -0.25) is 4.90 Å². The molecular weight excluding hydrogens is 392 g/mol. The summed E-state index contributed by atoms with van der Waals surface area (Å²) in [4.78, 5) is 5.12. The number of hydrogen-bond acceptors (Lipinski definition) is 3. The first-order valence-electron chi connectivity index (χ1n) is 12.0. The first-order valence-corrected chi connectivity index (χ1v) is 12.0. The Hall–Kier alpha value is -2.46. The molecule has 166 valence electrons. The molecule has 5 rings (SSSR count). The predicted molar refractivity (Wildman–Crippen MR) is 131 cm³/mol. The minimum atomic E-state index is -0.366. The molecule has 1 heterocycles. The number of nitrogens with zero attached hydrogens (tertiary/aromatic N) is 2. The molecule has 1 aliphatic heterocycles. The number of benzene rings is 3. The highest BCUT2D eigenvalue weighted by Gasteiger charge is 2.50. The highest BCUT2D eigenvalue weighted by molar-refractivity contribution is 5.42. The first kappa shape index (κ1) is 21.4. The van der Waals surface area contributed by atoms with E-state index in [2.05, 4.69) is 101 Å². The van der Waals surface area contributed by atoms with Gasteiger partial charge in [-0.1, -0.05) is 91.0 Å². The van der Waals surface area contributed by atoms with Crippen molar-refractivity contribution >= 4 is 0 Å². The van der Waals surface area contributed by atoms with Crippen LogP contribution in [0.15, 0.2) is 91.0 Å². The first-order chi connectivity index (χ1) is 15.8. The van der Waals surface area contributed by atoms with Gasteiger partial charge >= 0.3 is 0 Å². The smallest absolute Gasteiger partial charge is 0.0717 e. The van der Waals surface area contributed by atoms with Gasteiger partial charge in [0.2, 0.25) is 0 Å². The Morgan fingerprint density at radius 2 is 1.19 bits per heavy atom. The Morgan fingerprint density at radius 1 is 0.688 bits per heavy atom. The summed E-state index contributed by atoms with van der Waals surface area (Å²) in [6, 6.07) is 32.1. The quantitative estimate of drug-likeness (QED) is 0.626. The molecule has 2 atom stereocenters. The summed E-state index contributed by atoms with van der Waals surface area (Å²) in [7, 11) is 0. The SMILES string of the molecule is O[C@@H]1[C@@H](CN2CCN(Cc3ccccc3)CC2)CCC1(c1ccccc1)c1ccccc1. The molecule has 0 amide bonds. The van der Waals surface area contributed by atoms with Gasteiger partial charge in [0.05, 0.1) is 6.10 Å². The van der Waals surface area contributed by atoms with E-state index in [-0.39, 0.29) is 11.5 Å². The van der Waals surface area contributed by atoms with Gasteiger partial charge in [0.25, 0.3) is 0 Å². The molecule has 3 heteroatoms. The molecule has 1 saturated heterocycles. The third-order valence-corrected chi connectivity index (χ3v) is 7.65. The summed E-state index contributed by atoms with van der Waals surface area (Å²) >= 11 is 0. The van der Waals surface area contributed by atoms with Crippen LogP contribution in [0.25, 0.3) is 0 Å². The van der Waals surface area contributed by atoms with Gasteiger partial charge in [-0.25, -0.2) is 0 Å². The second kappa shape index (κ2) is 9.58. The van der Waals surface area contributed by atoms with Crippen LogP contribution in [0.2, 0.25) is 0 Å². The van der Waals surface area contributed by atoms with Crippen molar-refractivity contribution in [2.45, 2.75) is 30.9 Å². The van der Waals surface area contributed by atoms with Gasteiger partial charge < -0.3 is 10.0 Å². The van der Waals surface area contributed by atoms with Gasteiger partial charge in [-0.2, -0.15) is 0 Å². The number of aliphatic hydroxyl groups excluding tert-OH is 1. The number of rotatable bonds is 6. The van der Waals surface area contributed by atoms with Gasteiger partial charge in [0, 0.05) is 44.7 Å². The van der Waals surface area contributed by atoms with Crippen LogP contribution in [-0.4, -0.2) is 53.7 Å². The van der Waals surface area contributed by atoms with Crippen LogP contribution in [0.5, 0.6) is 0 Å². The van der Waals surface area contributed by atoms with E-state index in [1.54, 1.807) is 0 Å². The maximum atomic E-state index is 11.7. The summed E-state index contributed by atoms with van der Waals surface area (Å²) < 4.78 is 0. The van der Waals surface area contributed by atoms with Crippen LogP contribution < -0.4 is 0 Å². The number of piperazine rings is 1. The summed E-state index contributed by atoms with van der Waals surface area (Å²) in [5.41, 5.74) is 3.58. The van der Waals surface area contributed by atoms with Crippen LogP contribution in [0.3, 0.4) is 0 Å². The highest BCUT2D eigenvalue weighted by atomic mass is 16.3. The molecule has 0 spiro atoms. The molecule has 0 unspecified atom stereocenters. The lowest BCUT2D eigenvalue weighted by molar-refractivity contribution is 0.0501. The van der Waals surface area contributed by atoms with Gasteiger partial charge in [-0.15, -0.1) is 0 Å². The second-order valence-corrected chi connectivity index (χ2v) is 9.51. The summed E-state index contributed by atoms with van der Waals surface area (Å²) in [6.45, 7) is 6.38. The molecule has 0 bridgehead atoms. The zero-order valence-electron chi connectivity index (χ0n) is 18.8. The molecular formula is C29H34N2O. The molecule has 2 aliphatic rings. The summed E-state index contributed by atoms with van der Waals surface area (Å²) in [5, 5.41) is 11.7. The molecule has 3 aromatic rings. The average Bonchev–Trinajstić information content (AvgIpc) is 3.19. The lowest BCUT2D eigenvalue weighted by Gasteiger charge is -2.39. The van der Waals surface area contributed by atoms with E-state index in [0.29, 0.717) is 5.92 Å². The van der Waals surface area contributed by atoms with E-state index in [1.165, 1.54) is 16.7 Å². The van der Waals surface area contributed by atoms with E-state index < -0.39 is 0 Å². The van der Waals surface area contributed by atoms with Gasteiger partial charge in [0.15, 0.2) is 0 Å². The second-order valence-electron chi connectivity index (χ2n) is 9.51. The van der Waals surface area contributed by atoms with Crippen molar-refractivity contribution in [2.24, 2.45) is 5.92 Å². The standard InChI is InChI=1S/C29H34N2O/c32-28-25(23-31-20-18-30(19-21-31)22-24-10-4-1-5-11-24)16-17-29(28,26-12-6-2-7-13-26)27-14-8-3-9-15-27/h1-15,25,28,32H,16-23H2/t25-,28-/m1/s1. The lowest BCUT2D eigenvalue weighted by atomic mass is 9.71. The van der Waals surface area contributed by atoms with Crippen LogP contribution in [0.4, 0.5) is 0 Å².